The number of hydrogen-bond donors (Lipinski definition) is 2. The van der Waals surface area contributed by atoms with Gasteiger partial charge in [0, 0.05) is 23.4 Å². The molecule has 1 aliphatic carbocycles. The number of methoxy groups -OCH3 is 1. The molecule has 98 valence electrons. The van der Waals surface area contributed by atoms with Crippen molar-refractivity contribution in [1.29, 1.82) is 5.41 Å². The first-order valence-corrected chi connectivity index (χ1v) is 7.16. The van der Waals surface area contributed by atoms with Crippen LogP contribution >= 0.6 is 28.3 Å². The summed E-state index contributed by atoms with van der Waals surface area (Å²) in [6, 6.07) is 1.91. The summed E-state index contributed by atoms with van der Waals surface area (Å²) >= 11 is 3.57. The average molecular weight is 333 g/mol. The number of aryl methyl sites for hydroxylation is 1. The van der Waals surface area contributed by atoms with E-state index in [1.807, 2.05) is 6.07 Å². The Morgan fingerprint density at radius 2 is 2.44 bits per heavy atom. The van der Waals surface area contributed by atoms with E-state index < -0.39 is 0 Å². The smallest absolute Gasteiger partial charge is 0.162 e. The Balaban J connectivity index is 2.58. The molecule has 0 amide bonds. The van der Waals surface area contributed by atoms with E-state index in [9.17, 15) is 3.89 Å². The molecule has 1 unspecified atom stereocenters. The van der Waals surface area contributed by atoms with Crippen molar-refractivity contribution in [3.8, 4) is 0 Å². The summed E-state index contributed by atoms with van der Waals surface area (Å²) in [5, 5.41) is 7.48. The van der Waals surface area contributed by atoms with Crippen molar-refractivity contribution in [3.05, 3.63) is 27.2 Å². The highest BCUT2D eigenvalue weighted by atomic mass is 79.9. The van der Waals surface area contributed by atoms with Gasteiger partial charge in [-0.15, -0.1) is 3.89 Å². The number of nitrogens with one attached hydrogen (secondary N) is 2. The Labute approximate surface area is 119 Å². The fraction of sp³-hybridized carbons (Fsp3) is 0.417. The first-order valence-electron chi connectivity index (χ1n) is 5.65. The second kappa shape index (κ2) is 6.04. The van der Waals surface area contributed by atoms with Crippen molar-refractivity contribution in [1.82, 2.24) is 0 Å². The number of fused-ring (bicyclic) bond motifs is 1. The third kappa shape index (κ3) is 2.41. The lowest BCUT2D eigenvalue weighted by atomic mass is 9.87. The van der Waals surface area contributed by atoms with Gasteiger partial charge in [-0.05, 0) is 52.4 Å². The lowest BCUT2D eigenvalue weighted by Crippen LogP contribution is -2.14. The zero-order valence-corrected chi connectivity index (χ0v) is 12.3. The van der Waals surface area contributed by atoms with Crippen LogP contribution in [0.3, 0.4) is 0 Å². The van der Waals surface area contributed by atoms with Crippen LogP contribution in [-0.2, 0) is 11.2 Å². The molecule has 1 aromatic rings. The topological polar surface area (TPSA) is 45.1 Å². The van der Waals surface area contributed by atoms with Crippen LogP contribution in [0.4, 0.5) is 9.57 Å². The number of halogens is 2. The van der Waals surface area contributed by atoms with Crippen molar-refractivity contribution >= 4 is 40.2 Å². The molecule has 0 bridgehead atoms. The Morgan fingerprint density at radius 1 is 1.67 bits per heavy atom. The molecule has 0 heterocycles. The number of hydrogen-bond acceptors (Lipinski definition) is 4. The van der Waals surface area contributed by atoms with E-state index in [4.69, 9.17) is 10.1 Å². The maximum Gasteiger partial charge on any atom is 0.162 e. The van der Waals surface area contributed by atoms with Gasteiger partial charge < -0.3 is 14.9 Å². The Morgan fingerprint density at radius 3 is 3.06 bits per heavy atom. The molecule has 0 saturated heterocycles. The SMILES string of the molecule is COC1CCCc2cc(NSF)c(C=N)c(Br)c21. The zero-order valence-electron chi connectivity index (χ0n) is 9.93. The molecule has 2 rings (SSSR count). The first-order chi connectivity index (χ1) is 8.72. The third-order valence-electron chi connectivity index (χ3n) is 3.24. The van der Waals surface area contributed by atoms with Gasteiger partial charge in [0.05, 0.1) is 11.8 Å². The van der Waals surface area contributed by atoms with E-state index in [1.165, 1.54) is 6.21 Å². The van der Waals surface area contributed by atoms with Crippen LogP contribution < -0.4 is 4.72 Å². The summed E-state index contributed by atoms with van der Waals surface area (Å²) in [6.45, 7) is 0. The van der Waals surface area contributed by atoms with E-state index in [0.717, 1.165) is 34.9 Å². The van der Waals surface area contributed by atoms with Gasteiger partial charge in [-0.2, -0.15) is 0 Å². The Bertz CT molecular complexity index is 470. The molecule has 0 radical (unpaired) electrons. The van der Waals surface area contributed by atoms with Crippen molar-refractivity contribution in [3.63, 3.8) is 0 Å². The van der Waals surface area contributed by atoms with Crippen LogP contribution in [-0.4, -0.2) is 13.3 Å². The summed E-state index contributed by atoms with van der Waals surface area (Å²) in [4.78, 5) is 0. The van der Waals surface area contributed by atoms with Crippen LogP contribution in [0.25, 0.3) is 0 Å². The molecular formula is C12H14BrFN2OS. The van der Waals surface area contributed by atoms with Crippen LogP contribution in [0, 0.1) is 5.41 Å². The molecule has 1 aliphatic rings. The van der Waals surface area contributed by atoms with Gasteiger partial charge in [-0.3, -0.25) is 0 Å². The molecule has 0 fully saturated rings. The molecule has 0 aromatic heterocycles. The summed E-state index contributed by atoms with van der Waals surface area (Å²) in [5.74, 6) is 0. The van der Waals surface area contributed by atoms with Gasteiger partial charge in [0.15, 0.2) is 12.3 Å². The maximum atomic E-state index is 12.4. The van der Waals surface area contributed by atoms with Gasteiger partial charge >= 0.3 is 0 Å². The molecule has 18 heavy (non-hydrogen) atoms. The normalized spacial score (nSPS) is 18.3. The fourth-order valence-corrected chi connectivity index (χ4v) is 3.50. The molecule has 6 heteroatoms. The van der Waals surface area contributed by atoms with Crippen LogP contribution in [0.5, 0.6) is 0 Å². The van der Waals surface area contributed by atoms with Crippen molar-refractivity contribution in [2.45, 2.75) is 25.4 Å². The summed E-state index contributed by atoms with van der Waals surface area (Å²) in [6.07, 6.45) is 4.27. The minimum Gasteiger partial charge on any atom is -0.377 e. The van der Waals surface area contributed by atoms with Crippen molar-refractivity contribution in [2.24, 2.45) is 0 Å². The van der Waals surface area contributed by atoms with E-state index in [1.54, 1.807) is 7.11 Å². The van der Waals surface area contributed by atoms with Gasteiger partial charge in [0.25, 0.3) is 0 Å². The largest absolute Gasteiger partial charge is 0.377 e. The maximum absolute atomic E-state index is 12.4. The highest BCUT2D eigenvalue weighted by Gasteiger charge is 2.25. The minimum atomic E-state index is 0.0448. The lowest BCUT2D eigenvalue weighted by molar-refractivity contribution is 0.0875. The van der Waals surface area contributed by atoms with Crippen LogP contribution in [0.2, 0.25) is 0 Å². The van der Waals surface area contributed by atoms with Gasteiger partial charge in [-0.25, -0.2) is 0 Å². The summed E-state index contributed by atoms with van der Waals surface area (Å²) in [5.41, 5.74) is 3.53. The number of anilines is 1. The van der Waals surface area contributed by atoms with Gasteiger partial charge in [-0.1, -0.05) is 0 Å². The Hall–Kier alpha value is -0.590. The standard InChI is InChI=1S/C12H14BrFN2OS/c1-17-10-4-2-3-7-5-9(16-18-14)8(6-15)12(13)11(7)10/h5-6,10,15-16H,2-4H2,1H3. The summed E-state index contributed by atoms with van der Waals surface area (Å²) in [7, 11) is 1.69. The molecule has 0 spiro atoms. The second-order valence-electron chi connectivity index (χ2n) is 4.16. The van der Waals surface area contributed by atoms with Crippen molar-refractivity contribution in [2.75, 3.05) is 11.8 Å². The van der Waals surface area contributed by atoms with Crippen LogP contribution in [0.1, 0.15) is 35.6 Å². The van der Waals surface area contributed by atoms with E-state index in [2.05, 4.69) is 20.7 Å². The fourth-order valence-electron chi connectivity index (χ4n) is 2.41. The monoisotopic (exact) mass is 332 g/mol. The van der Waals surface area contributed by atoms with Gasteiger partial charge in [0.2, 0.25) is 0 Å². The molecule has 0 aliphatic heterocycles. The zero-order chi connectivity index (χ0) is 13.1. The Kier molecular flexibility index (Phi) is 4.64. The van der Waals surface area contributed by atoms with Gasteiger partial charge in [0.1, 0.15) is 0 Å². The highest BCUT2D eigenvalue weighted by molar-refractivity contribution is 9.10. The second-order valence-corrected chi connectivity index (χ2v) is 5.32. The van der Waals surface area contributed by atoms with E-state index >= 15 is 0 Å². The van der Waals surface area contributed by atoms with Crippen LogP contribution in [0.15, 0.2) is 10.5 Å². The number of benzene rings is 1. The molecule has 1 aromatic carbocycles. The lowest BCUT2D eigenvalue weighted by Gasteiger charge is -2.27. The van der Waals surface area contributed by atoms with Crippen molar-refractivity contribution < 1.29 is 8.62 Å². The highest BCUT2D eigenvalue weighted by Crippen LogP contribution is 2.41. The predicted octanol–water partition coefficient (Wildman–Crippen LogP) is 4.42. The number of rotatable bonds is 4. The molecule has 1 atom stereocenters. The molecular weight excluding hydrogens is 319 g/mol. The predicted molar refractivity (Wildman–Crippen MR) is 77.0 cm³/mol. The average Bonchev–Trinajstić information content (AvgIpc) is 2.38. The van der Waals surface area contributed by atoms with E-state index in [0.29, 0.717) is 11.3 Å². The third-order valence-corrected chi connectivity index (χ3v) is 4.39. The molecule has 3 nitrogen and oxygen atoms in total. The quantitative estimate of drug-likeness (QED) is 0.633. The minimum absolute atomic E-state index is 0.0448. The van der Waals surface area contributed by atoms with E-state index in [-0.39, 0.29) is 18.4 Å². The summed E-state index contributed by atoms with van der Waals surface area (Å²) < 4.78 is 21.3. The number of ether oxygens (including phenoxy) is 1. The molecule has 0 saturated carbocycles. The first kappa shape index (κ1) is 13.8. The molecule has 2 N–H and O–H groups in total.